The highest BCUT2D eigenvalue weighted by molar-refractivity contribution is 6.14. The maximum absolute atomic E-state index is 13.9. The Hall–Kier alpha value is -3.22. The summed E-state index contributed by atoms with van der Waals surface area (Å²) in [5, 5.41) is 2.93. The Labute approximate surface area is 154 Å². The third kappa shape index (κ3) is 3.40. The lowest BCUT2D eigenvalue weighted by atomic mass is 10.1. The molecule has 3 aromatic rings. The van der Waals surface area contributed by atoms with E-state index in [1.807, 2.05) is 13.8 Å². The van der Waals surface area contributed by atoms with Crippen molar-refractivity contribution in [2.24, 2.45) is 0 Å². The van der Waals surface area contributed by atoms with E-state index < -0.39 is 29.0 Å². The Morgan fingerprint density at radius 2 is 1.63 bits per heavy atom. The van der Waals surface area contributed by atoms with Crippen molar-refractivity contribution in [1.29, 1.82) is 0 Å². The van der Waals surface area contributed by atoms with Crippen molar-refractivity contribution >= 4 is 28.5 Å². The average molecular weight is 372 g/mol. The molecule has 0 aliphatic rings. The lowest BCUT2D eigenvalue weighted by Crippen LogP contribution is -2.31. The molecule has 5 nitrogen and oxygen atoms in total. The van der Waals surface area contributed by atoms with Crippen molar-refractivity contribution in [2.45, 2.75) is 13.8 Å². The molecule has 0 radical (unpaired) electrons. The first-order chi connectivity index (χ1) is 13.0. The number of para-hydroxylation sites is 1. The van der Waals surface area contributed by atoms with E-state index in [-0.39, 0.29) is 11.4 Å². The molecule has 3 rings (SSSR count). The molecule has 140 valence electrons. The molecular formula is C20H18F2N2O3. The number of fused-ring (bicyclic) bond motifs is 1. The van der Waals surface area contributed by atoms with E-state index in [9.17, 15) is 18.4 Å². The van der Waals surface area contributed by atoms with E-state index in [0.29, 0.717) is 24.1 Å². The number of hydrogen-bond acceptors (Lipinski definition) is 3. The summed E-state index contributed by atoms with van der Waals surface area (Å²) in [5.74, 6) is -3.47. The summed E-state index contributed by atoms with van der Waals surface area (Å²) < 4.78 is 33.5. The first kappa shape index (κ1) is 18.6. The topological polar surface area (TPSA) is 62.6 Å². The molecule has 0 bridgehead atoms. The molecule has 0 atom stereocenters. The van der Waals surface area contributed by atoms with Crippen molar-refractivity contribution in [3.05, 3.63) is 65.4 Å². The van der Waals surface area contributed by atoms with E-state index in [1.54, 1.807) is 24.3 Å². The van der Waals surface area contributed by atoms with Crippen molar-refractivity contribution < 1.29 is 22.8 Å². The number of hydrogen-bond donors (Lipinski definition) is 1. The Morgan fingerprint density at radius 3 is 2.26 bits per heavy atom. The van der Waals surface area contributed by atoms with Gasteiger partial charge < -0.3 is 14.6 Å². The van der Waals surface area contributed by atoms with Gasteiger partial charge in [0.25, 0.3) is 11.8 Å². The molecule has 27 heavy (non-hydrogen) atoms. The monoisotopic (exact) mass is 372 g/mol. The molecule has 0 fully saturated rings. The molecule has 1 aromatic heterocycles. The second-order valence-electron chi connectivity index (χ2n) is 5.83. The number of nitrogens with zero attached hydrogens (tertiary/aromatic N) is 1. The average Bonchev–Trinajstić information content (AvgIpc) is 3.01. The zero-order valence-corrected chi connectivity index (χ0v) is 14.9. The van der Waals surface area contributed by atoms with Gasteiger partial charge in [-0.15, -0.1) is 0 Å². The number of furan rings is 1. The number of anilines is 1. The van der Waals surface area contributed by atoms with Crippen LogP contribution in [0.4, 0.5) is 14.5 Å². The van der Waals surface area contributed by atoms with Crippen LogP contribution in [0.3, 0.4) is 0 Å². The number of carbonyl (C=O) groups excluding carboxylic acids is 2. The molecule has 1 heterocycles. The van der Waals surface area contributed by atoms with Crippen LogP contribution in [-0.2, 0) is 0 Å². The Morgan fingerprint density at radius 1 is 1.00 bits per heavy atom. The van der Waals surface area contributed by atoms with Gasteiger partial charge in [-0.05, 0) is 38.1 Å². The van der Waals surface area contributed by atoms with Crippen LogP contribution in [0.1, 0.15) is 34.8 Å². The highest BCUT2D eigenvalue weighted by Crippen LogP contribution is 2.32. The molecule has 0 spiro atoms. The molecule has 0 aliphatic heterocycles. The van der Waals surface area contributed by atoms with Crippen LogP contribution in [0.25, 0.3) is 11.0 Å². The first-order valence-electron chi connectivity index (χ1n) is 8.54. The minimum absolute atomic E-state index is 0.0787. The summed E-state index contributed by atoms with van der Waals surface area (Å²) in [4.78, 5) is 26.8. The van der Waals surface area contributed by atoms with Gasteiger partial charge in [0.2, 0.25) is 5.76 Å². The van der Waals surface area contributed by atoms with Crippen molar-refractivity contribution in [2.75, 3.05) is 18.4 Å². The molecule has 0 unspecified atom stereocenters. The van der Waals surface area contributed by atoms with E-state index >= 15 is 0 Å². The maximum Gasteiger partial charge on any atom is 0.291 e. The Kier molecular flexibility index (Phi) is 5.21. The number of carbonyl (C=O) groups is 2. The normalized spacial score (nSPS) is 10.8. The predicted octanol–water partition coefficient (Wildman–Crippen LogP) is 4.45. The van der Waals surface area contributed by atoms with Gasteiger partial charge in [0, 0.05) is 18.5 Å². The molecule has 0 aliphatic carbocycles. The van der Waals surface area contributed by atoms with Gasteiger partial charge in [-0.1, -0.05) is 18.2 Å². The lowest BCUT2D eigenvalue weighted by molar-refractivity contribution is 0.0745. The molecule has 7 heteroatoms. The lowest BCUT2D eigenvalue weighted by Gasteiger charge is -2.17. The number of amides is 2. The van der Waals surface area contributed by atoms with E-state index in [4.69, 9.17) is 4.42 Å². The van der Waals surface area contributed by atoms with Crippen LogP contribution < -0.4 is 5.32 Å². The standard InChI is InChI=1S/C20H18F2N2O3/c1-3-24(4-2)20(26)18-17(12-8-5-6-11-15(12)27-18)23-19(25)16-13(21)9-7-10-14(16)22/h5-11H,3-4H2,1-2H3,(H,23,25). The van der Waals surface area contributed by atoms with Crippen molar-refractivity contribution in [3.8, 4) is 0 Å². The fourth-order valence-corrected chi connectivity index (χ4v) is 2.87. The van der Waals surface area contributed by atoms with Gasteiger partial charge in [-0.2, -0.15) is 0 Å². The zero-order valence-electron chi connectivity index (χ0n) is 14.9. The first-order valence-corrected chi connectivity index (χ1v) is 8.54. The molecule has 1 N–H and O–H groups in total. The number of rotatable bonds is 5. The van der Waals surface area contributed by atoms with Crippen LogP contribution in [0.15, 0.2) is 46.9 Å². The van der Waals surface area contributed by atoms with Crippen molar-refractivity contribution in [3.63, 3.8) is 0 Å². The highest BCUT2D eigenvalue weighted by Gasteiger charge is 2.27. The summed E-state index contributed by atoms with van der Waals surface area (Å²) in [6.45, 7) is 4.53. The summed E-state index contributed by atoms with van der Waals surface area (Å²) >= 11 is 0. The third-order valence-electron chi connectivity index (χ3n) is 4.27. The van der Waals surface area contributed by atoms with E-state index in [2.05, 4.69) is 5.32 Å². The highest BCUT2D eigenvalue weighted by atomic mass is 19.1. The predicted molar refractivity (Wildman–Crippen MR) is 97.8 cm³/mol. The minimum Gasteiger partial charge on any atom is -0.449 e. The summed E-state index contributed by atoms with van der Waals surface area (Å²) in [6.07, 6.45) is 0. The molecule has 0 saturated carbocycles. The second kappa shape index (κ2) is 7.57. The SMILES string of the molecule is CCN(CC)C(=O)c1oc2ccccc2c1NC(=O)c1c(F)cccc1F. The van der Waals surface area contributed by atoms with Crippen LogP contribution in [0.2, 0.25) is 0 Å². The van der Waals surface area contributed by atoms with Crippen molar-refractivity contribution in [1.82, 2.24) is 4.90 Å². The number of halogens is 2. The summed E-state index contributed by atoms with van der Waals surface area (Å²) in [6, 6.07) is 9.90. The fraction of sp³-hybridized carbons (Fsp3) is 0.200. The van der Waals surface area contributed by atoms with E-state index in [0.717, 1.165) is 12.1 Å². The second-order valence-corrected chi connectivity index (χ2v) is 5.83. The largest absolute Gasteiger partial charge is 0.449 e. The van der Waals surface area contributed by atoms with Crippen LogP contribution in [-0.4, -0.2) is 29.8 Å². The molecule has 2 aromatic carbocycles. The fourth-order valence-electron chi connectivity index (χ4n) is 2.87. The smallest absolute Gasteiger partial charge is 0.291 e. The molecule has 0 saturated heterocycles. The molecule has 2 amide bonds. The number of nitrogens with one attached hydrogen (secondary N) is 1. The Bertz CT molecular complexity index is 989. The van der Waals surface area contributed by atoms with Gasteiger partial charge in [-0.25, -0.2) is 8.78 Å². The van der Waals surface area contributed by atoms with Gasteiger partial charge >= 0.3 is 0 Å². The summed E-state index contributed by atoms with van der Waals surface area (Å²) in [7, 11) is 0. The molecular weight excluding hydrogens is 354 g/mol. The van der Waals surface area contributed by atoms with Gasteiger partial charge in [0.1, 0.15) is 28.5 Å². The van der Waals surface area contributed by atoms with Crippen LogP contribution >= 0.6 is 0 Å². The third-order valence-corrected chi connectivity index (χ3v) is 4.27. The van der Waals surface area contributed by atoms with Crippen LogP contribution in [0, 0.1) is 11.6 Å². The number of benzene rings is 2. The minimum atomic E-state index is -0.995. The summed E-state index contributed by atoms with van der Waals surface area (Å²) in [5.41, 5.74) is -0.239. The van der Waals surface area contributed by atoms with Crippen LogP contribution in [0.5, 0.6) is 0 Å². The van der Waals surface area contributed by atoms with Gasteiger partial charge in [-0.3, -0.25) is 9.59 Å². The van der Waals surface area contributed by atoms with E-state index in [1.165, 1.54) is 11.0 Å². The van der Waals surface area contributed by atoms with Gasteiger partial charge in [0.05, 0.1) is 0 Å². The Balaban J connectivity index is 2.09. The quantitative estimate of drug-likeness (QED) is 0.720. The maximum atomic E-state index is 13.9. The van der Waals surface area contributed by atoms with Gasteiger partial charge in [0.15, 0.2) is 0 Å². The zero-order chi connectivity index (χ0) is 19.6.